The Balaban J connectivity index is 2.41. The Bertz CT molecular complexity index is 717. The minimum Gasteiger partial charge on any atom is -0.508 e. The zero-order valence-electron chi connectivity index (χ0n) is 10.3. The van der Waals surface area contributed by atoms with Gasteiger partial charge in [0.15, 0.2) is 5.78 Å². The molecule has 0 saturated heterocycles. The van der Waals surface area contributed by atoms with Gasteiger partial charge in [-0.3, -0.25) is 4.79 Å². The number of phenolic OH excluding ortho intramolecular Hbond substituents is 3. The minimum absolute atomic E-state index is 0.0932. The summed E-state index contributed by atoms with van der Waals surface area (Å²) in [6, 6.07) is 5.77. The van der Waals surface area contributed by atoms with Crippen LogP contribution in [0.15, 0.2) is 24.3 Å². The summed E-state index contributed by atoms with van der Waals surface area (Å²) in [5.74, 6) is -0.413. The maximum absolute atomic E-state index is 12.1. The van der Waals surface area contributed by atoms with Crippen LogP contribution in [0.4, 0.5) is 0 Å². The molecule has 0 bridgehead atoms. The average molecular weight is 256 g/mol. The fourth-order valence-electron chi connectivity index (χ4n) is 2.73. The van der Waals surface area contributed by atoms with Crippen LogP contribution in [-0.4, -0.2) is 21.1 Å². The first-order valence-corrected chi connectivity index (χ1v) is 5.89. The Morgan fingerprint density at radius 2 is 1.63 bits per heavy atom. The van der Waals surface area contributed by atoms with E-state index in [0.29, 0.717) is 11.1 Å². The summed E-state index contributed by atoms with van der Waals surface area (Å²) in [5.41, 5.74) is 3.05. The molecule has 0 saturated carbocycles. The number of aromatic hydroxyl groups is 3. The van der Waals surface area contributed by atoms with E-state index < -0.39 is 0 Å². The van der Waals surface area contributed by atoms with Crippen LogP contribution in [0.3, 0.4) is 0 Å². The van der Waals surface area contributed by atoms with Crippen LogP contribution in [0.25, 0.3) is 11.1 Å². The molecule has 96 valence electrons. The molecule has 0 atom stereocenters. The molecular formula is C15H12O4. The summed E-state index contributed by atoms with van der Waals surface area (Å²) < 4.78 is 0. The summed E-state index contributed by atoms with van der Waals surface area (Å²) in [4.78, 5) is 12.1. The Labute approximate surface area is 109 Å². The average Bonchev–Trinajstić information content (AvgIpc) is 2.25. The van der Waals surface area contributed by atoms with E-state index in [9.17, 15) is 20.1 Å². The lowest BCUT2D eigenvalue weighted by atomic mass is 9.82. The van der Waals surface area contributed by atoms with Gasteiger partial charge in [0.25, 0.3) is 0 Å². The molecule has 3 rings (SSSR count). The molecule has 1 aliphatic rings. The van der Waals surface area contributed by atoms with Crippen molar-refractivity contribution in [3.8, 4) is 28.4 Å². The van der Waals surface area contributed by atoms with Crippen molar-refractivity contribution in [1.82, 2.24) is 0 Å². The van der Waals surface area contributed by atoms with Gasteiger partial charge in [0.05, 0.1) is 5.56 Å². The number of hydrogen-bond donors (Lipinski definition) is 3. The highest BCUT2D eigenvalue weighted by atomic mass is 16.3. The van der Waals surface area contributed by atoms with Gasteiger partial charge in [0, 0.05) is 18.1 Å². The lowest BCUT2D eigenvalue weighted by Gasteiger charge is -2.22. The largest absolute Gasteiger partial charge is 0.508 e. The van der Waals surface area contributed by atoms with Crippen molar-refractivity contribution in [1.29, 1.82) is 0 Å². The van der Waals surface area contributed by atoms with Gasteiger partial charge >= 0.3 is 0 Å². The Hall–Kier alpha value is -2.49. The van der Waals surface area contributed by atoms with E-state index in [0.717, 1.165) is 17.2 Å². The van der Waals surface area contributed by atoms with Gasteiger partial charge in [-0.15, -0.1) is 0 Å². The molecule has 0 amide bonds. The number of Topliss-reactive ketones (excluding diaryl/α,β-unsaturated/α-hetero) is 1. The molecule has 0 spiro atoms. The Kier molecular flexibility index (Phi) is 2.29. The van der Waals surface area contributed by atoms with Crippen LogP contribution in [-0.2, 0) is 6.42 Å². The highest BCUT2D eigenvalue weighted by molar-refractivity contribution is 6.10. The number of benzene rings is 2. The molecule has 0 radical (unpaired) electrons. The van der Waals surface area contributed by atoms with Crippen LogP contribution in [0, 0.1) is 6.92 Å². The maximum Gasteiger partial charge on any atom is 0.171 e. The highest BCUT2D eigenvalue weighted by Gasteiger charge is 2.27. The molecule has 0 aromatic heterocycles. The van der Waals surface area contributed by atoms with Crippen LogP contribution < -0.4 is 0 Å². The van der Waals surface area contributed by atoms with E-state index in [1.807, 2.05) is 6.92 Å². The number of aryl methyl sites for hydroxylation is 1. The lowest BCUT2D eigenvalue weighted by molar-refractivity contribution is 0.0989. The normalized spacial score (nSPS) is 13.0. The first kappa shape index (κ1) is 11.6. The fourth-order valence-corrected chi connectivity index (χ4v) is 2.73. The molecule has 0 unspecified atom stereocenters. The first-order chi connectivity index (χ1) is 8.97. The molecule has 2 aromatic carbocycles. The SMILES string of the molecule is Cc1cc(O)cc2c1-c1cc(O)cc(O)c1C(=O)C2. The molecule has 4 heteroatoms. The van der Waals surface area contributed by atoms with Crippen molar-refractivity contribution in [3.63, 3.8) is 0 Å². The van der Waals surface area contributed by atoms with E-state index in [1.165, 1.54) is 6.07 Å². The molecule has 2 aromatic rings. The monoisotopic (exact) mass is 256 g/mol. The zero-order valence-corrected chi connectivity index (χ0v) is 10.3. The third kappa shape index (κ3) is 1.64. The van der Waals surface area contributed by atoms with Crippen molar-refractivity contribution < 1.29 is 20.1 Å². The molecule has 0 heterocycles. The number of rotatable bonds is 0. The van der Waals surface area contributed by atoms with Crippen molar-refractivity contribution in [2.24, 2.45) is 0 Å². The van der Waals surface area contributed by atoms with Gasteiger partial charge in [-0.05, 0) is 41.8 Å². The predicted molar refractivity (Wildman–Crippen MR) is 69.6 cm³/mol. The molecular weight excluding hydrogens is 244 g/mol. The van der Waals surface area contributed by atoms with Gasteiger partial charge in [-0.2, -0.15) is 0 Å². The number of ketones is 1. The van der Waals surface area contributed by atoms with Crippen LogP contribution in [0.5, 0.6) is 17.2 Å². The molecule has 0 fully saturated rings. The fraction of sp³-hybridized carbons (Fsp3) is 0.133. The van der Waals surface area contributed by atoms with Gasteiger partial charge < -0.3 is 15.3 Å². The first-order valence-electron chi connectivity index (χ1n) is 5.89. The van der Waals surface area contributed by atoms with Crippen LogP contribution in [0.1, 0.15) is 21.5 Å². The van der Waals surface area contributed by atoms with Gasteiger partial charge in [0.2, 0.25) is 0 Å². The van der Waals surface area contributed by atoms with Crippen LogP contribution >= 0.6 is 0 Å². The van der Waals surface area contributed by atoms with Crippen molar-refractivity contribution in [2.75, 3.05) is 0 Å². The maximum atomic E-state index is 12.1. The third-order valence-electron chi connectivity index (χ3n) is 3.40. The molecule has 3 N–H and O–H groups in total. The third-order valence-corrected chi connectivity index (χ3v) is 3.40. The second-order valence-electron chi connectivity index (χ2n) is 4.78. The van der Waals surface area contributed by atoms with E-state index in [4.69, 9.17) is 0 Å². The smallest absolute Gasteiger partial charge is 0.171 e. The summed E-state index contributed by atoms with van der Waals surface area (Å²) >= 11 is 0. The quantitative estimate of drug-likeness (QED) is 0.676. The topological polar surface area (TPSA) is 77.8 Å². The van der Waals surface area contributed by atoms with Crippen molar-refractivity contribution in [3.05, 3.63) is 41.0 Å². The Morgan fingerprint density at radius 3 is 2.37 bits per heavy atom. The summed E-state index contributed by atoms with van der Waals surface area (Å²) in [6.07, 6.45) is 0.135. The second-order valence-corrected chi connectivity index (χ2v) is 4.78. The van der Waals surface area contributed by atoms with E-state index in [1.54, 1.807) is 12.1 Å². The molecule has 4 nitrogen and oxygen atoms in total. The number of phenols is 3. The second kappa shape index (κ2) is 3.75. The highest BCUT2D eigenvalue weighted by Crippen LogP contribution is 2.42. The van der Waals surface area contributed by atoms with Crippen LogP contribution in [0.2, 0.25) is 0 Å². The molecule has 1 aliphatic carbocycles. The number of carbonyl (C=O) groups is 1. The number of hydrogen-bond acceptors (Lipinski definition) is 4. The van der Waals surface area contributed by atoms with Gasteiger partial charge in [-0.1, -0.05) is 0 Å². The summed E-state index contributed by atoms with van der Waals surface area (Å²) in [5, 5.41) is 29.1. The van der Waals surface area contributed by atoms with Gasteiger partial charge in [-0.25, -0.2) is 0 Å². The van der Waals surface area contributed by atoms with Crippen molar-refractivity contribution >= 4 is 5.78 Å². The minimum atomic E-state index is -0.218. The number of fused-ring (bicyclic) bond motifs is 3. The van der Waals surface area contributed by atoms with E-state index in [2.05, 4.69) is 0 Å². The standard InChI is InChI=1S/C15H12O4/c1-7-2-9(16)3-8-4-12(18)15-11(14(7)8)5-10(17)6-13(15)19/h2-3,5-6,16-17,19H,4H2,1H3. The van der Waals surface area contributed by atoms with E-state index >= 15 is 0 Å². The lowest BCUT2D eigenvalue weighted by Crippen LogP contribution is -2.13. The predicted octanol–water partition coefficient (Wildman–Crippen LogP) is 2.52. The summed E-state index contributed by atoms with van der Waals surface area (Å²) in [7, 11) is 0. The molecule has 0 aliphatic heterocycles. The number of carbonyl (C=O) groups excluding carboxylic acids is 1. The molecule has 19 heavy (non-hydrogen) atoms. The zero-order chi connectivity index (χ0) is 13.7. The van der Waals surface area contributed by atoms with Gasteiger partial charge in [0.1, 0.15) is 17.2 Å². The van der Waals surface area contributed by atoms with E-state index in [-0.39, 0.29) is 35.0 Å². The van der Waals surface area contributed by atoms with Crippen molar-refractivity contribution in [2.45, 2.75) is 13.3 Å². The summed E-state index contributed by atoms with van der Waals surface area (Å²) in [6.45, 7) is 1.82. The Morgan fingerprint density at radius 1 is 0.947 bits per heavy atom.